The highest BCUT2D eigenvalue weighted by molar-refractivity contribution is 5.97. The number of hydrogen-bond acceptors (Lipinski definition) is 2. The highest BCUT2D eigenvalue weighted by Crippen LogP contribution is 1.93. The molecule has 50 valence electrons. The first-order valence-corrected chi connectivity index (χ1v) is 2.77. The van der Waals surface area contributed by atoms with Crippen molar-refractivity contribution in [3.63, 3.8) is 0 Å². The Morgan fingerprint density at radius 2 is 2.22 bits per heavy atom. The van der Waals surface area contributed by atoms with Gasteiger partial charge in [-0.05, 0) is 6.92 Å². The second-order valence-corrected chi connectivity index (χ2v) is 1.72. The molecule has 0 aromatic carbocycles. The molecule has 0 atom stereocenters. The standard InChI is InChI=1S/C7H12N2/c1-4-7(5-9-3)6(2)8/h4-5,8-9H,1H2,2-3H3/b7-5-,8-6?. The fraction of sp³-hybridized carbons (Fsp3) is 0.286. The van der Waals surface area contributed by atoms with E-state index in [-0.39, 0.29) is 0 Å². The van der Waals surface area contributed by atoms with E-state index in [9.17, 15) is 0 Å². The predicted molar refractivity (Wildman–Crippen MR) is 40.7 cm³/mol. The van der Waals surface area contributed by atoms with E-state index in [1.54, 1.807) is 26.2 Å². The summed E-state index contributed by atoms with van der Waals surface area (Å²) in [4.78, 5) is 0. The first kappa shape index (κ1) is 7.95. The fourth-order valence-corrected chi connectivity index (χ4v) is 0.476. The van der Waals surface area contributed by atoms with Gasteiger partial charge >= 0.3 is 0 Å². The third-order valence-electron chi connectivity index (χ3n) is 0.953. The second kappa shape index (κ2) is 3.89. The molecule has 0 saturated heterocycles. The normalized spacial score (nSPS) is 10.7. The summed E-state index contributed by atoms with van der Waals surface area (Å²) in [6.45, 7) is 5.28. The molecule has 0 bridgehead atoms. The first-order chi connectivity index (χ1) is 4.22. The first-order valence-electron chi connectivity index (χ1n) is 2.77. The fourth-order valence-electron chi connectivity index (χ4n) is 0.476. The maximum Gasteiger partial charge on any atom is 0.0369 e. The van der Waals surface area contributed by atoms with Crippen LogP contribution in [0.1, 0.15) is 6.92 Å². The molecule has 0 aliphatic heterocycles. The minimum Gasteiger partial charge on any atom is -0.393 e. The van der Waals surface area contributed by atoms with Crippen LogP contribution < -0.4 is 5.32 Å². The Morgan fingerprint density at radius 3 is 2.33 bits per heavy atom. The van der Waals surface area contributed by atoms with Crippen LogP contribution in [0.15, 0.2) is 24.4 Å². The molecule has 0 aliphatic carbocycles. The van der Waals surface area contributed by atoms with Crippen LogP contribution in [0.2, 0.25) is 0 Å². The van der Waals surface area contributed by atoms with Crippen LogP contribution in [0, 0.1) is 5.41 Å². The molecule has 0 heterocycles. The summed E-state index contributed by atoms with van der Waals surface area (Å²) < 4.78 is 0. The van der Waals surface area contributed by atoms with Crippen molar-refractivity contribution < 1.29 is 0 Å². The van der Waals surface area contributed by atoms with Crippen molar-refractivity contribution in [2.24, 2.45) is 0 Å². The molecule has 0 radical (unpaired) electrons. The van der Waals surface area contributed by atoms with Crippen LogP contribution in [-0.2, 0) is 0 Å². The maximum atomic E-state index is 7.18. The molecule has 0 amide bonds. The molecule has 0 spiro atoms. The lowest BCUT2D eigenvalue weighted by atomic mass is 10.2. The molecular formula is C7H12N2. The molecular weight excluding hydrogens is 112 g/mol. The van der Waals surface area contributed by atoms with Crippen LogP contribution in [0.4, 0.5) is 0 Å². The van der Waals surface area contributed by atoms with E-state index in [0.717, 1.165) is 5.57 Å². The van der Waals surface area contributed by atoms with Gasteiger partial charge in [-0.25, -0.2) is 0 Å². The van der Waals surface area contributed by atoms with Gasteiger partial charge in [-0.1, -0.05) is 12.7 Å². The number of rotatable bonds is 3. The zero-order valence-electron chi connectivity index (χ0n) is 5.86. The quantitative estimate of drug-likeness (QED) is 0.432. The minimum absolute atomic E-state index is 0.527. The van der Waals surface area contributed by atoms with Gasteiger partial charge in [0.25, 0.3) is 0 Å². The predicted octanol–water partition coefficient (Wildman–Crippen LogP) is 1.32. The van der Waals surface area contributed by atoms with Crippen molar-refractivity contribution in [1.82, 2.24) is 5.32 Å². The van der Waals surface area contributed by atoms with Crippen molar-refractivity contribution >= 4 is 5.71 Å². The number of allylic oxidation sites excluding steroid dienone is 2. The van der Waals surface area contributed by atoms with Gasteiger partial charge < -0.3 is 10.7 Å². The highest BCUT2D eigenvalue weighted by Gasteiger charge is 1.89. The van der Waals surface area contributed by atoms with Gasteiger partial charge in [0.1, 0.15) is 0 Å². The van der Waals surface area contributed by atoms with E-state index in [0.29, 0.717) is 5.71 Å². The molecule has 0 aliphatic rings. The molecule has 2 nitrogen and oxygen atoms in total. The highest BCUT2D eigenvalue weighted by atomic mass is 14.8. The Bertz CT molecular complexity index is 145. The van der Waals surface area contributed by atoms with Gasteiger partial charge in [0, 0.05) is 24.5 Å². The van der Waals surface area contributed by atoms with Crippen molar-refractivity contribution in [1.29, 1.82) is 5.41 Å². The summed E-state index contributed by atoms with van der Waals surface area (Å²) in [5, 5.41) is 10.0. The van der Waals surface area contributed by atoms with Crippen LogP contribution in [-0.4, -0.2) is 12.8 Å². The molecule has 0 unspecified atom stereocenters. The Balaban J connectivity index is 4.14. The molecule has 0 fully saturated rings. The third-order valence-corrected chi connectivity index (χ3v) is 0.953. The lowest BCUT2D eigenvalue weighted by Crippen LogP contribution is -2.00. The summed E-state index contributed by atoms with van der Waals surface area (Å²) >= 11 is 0. The largest absolute Gasteiger partial charge is 0.393 e. The summed E-state index contributed by atoms with van der Waals surface area (Å²) in [5.41, 5.74) is 1.36. The second-order valence-electron chi connectivity index (χ2n) is 1.72. The lowest BCUT2D eigenvalue weighted by molar-refractivity contribution is 1.09. The molecule has 2 heteroatoms. The molecule has 0 aromatic rings. The van der Waals surface area contributed by atoms with Gasteiger partial charge in [-0.2, -0.15) is 0 Å². The van der Waals surface area contributed by atoms with Crippen LogP contribution in [0.25, 0.3) is 0 Å². The summed E-state index contributed by atoms with van der Waals surface area (Å²) in [5.74, 6) is 0. The average molecular weight is 124 g/mol. The van der Waals surface area contributed by atoms with E-state index >= 15 is 0 Å². The SMILES string of the molecule is C=C/C(=C/NC)C(C)=N. The van der Waals surface area contributed by atoms with Crippen LogP contribution in [0.3, 0.4) is 0 Å². The summed E-state index contributed by atoms with van der Waals surface area (Å²) in [6.07, 6.45) is 3.40. The van der Waals surface area contributed by atoms with Crippen molar-refractivity contribution in [2.45, 2.75) is 6.92 Å². The van der Waals surface area contributed by atoms with Gasteiger partial charge in [-0.3, -0.25) is 0 Å². The van der Waals surface area contributed by atoms with Gasteiger partial charge in [0.2, 0.25) is 0 Å². The topological polar surface area (TPSA) is 35.9 Å². The number of nitrogens with one attached hydrogen (secondary N) is 2. The van der Waals surface area contributed by atoms with E-state index in [1.165, 1.54) is 0 Å². The molecule has 0 rings (SSSR count). The minimum atomic E-state index is 0.527. The number of hydrogen-bond donors (Lipinski definition) is 2. The Labute approximate surface area is 55.8 Å². The lowest BCUT2D eigenvalue weighted by Gasteiger charge is -1.95. The summed E-state index contributed by atoms with van der Waals surface area (Å²) in [6, 6.07) is 0. The monoisotopic (exact) mass is 124 g/mol. The van der Waals surface area contributed by atoms with Crippen LogP contribution >= 0.6 is 0 Å². The Hall–Kier alpha value is -1.05. The van der Waals surface area contributed by atoms with E-state index < -0.39 is 0 Å². The smallest absolute Gasteiger partial charge is 0.0369 e. The van der Waals surface area contributed by atoms with E-state index in [4.69, 9.17) is 5.41 Å². The van der Waals surface area contributed by atoms with Crippen molar-refractivity contribution in [3.05, 3.63) is 24.4 Å². The van der Waals surface area contributed by atoms with Crippen molar-refractivity contribution in [2.75, 3.05) is 7.05 Å². The van der Waals surface area contributed by atoms with Gasteiger partial charge in [0.05, 0.1) is 0 Å². The van der Waals surface area contributed by atoms with Crippen LogP contribution in [0.5, 0.6) is 0 Å². The molecule has 2 N–H and O–H groups in total. The van der Waals surface area contributed by atoms with E-state index in [1.807, 2.05) is 0 Å². The average Bonchev–Trinajstić information content (AvgIpc) is 1.82. The molecule has 0 saturated carbocycles. The zero-order chi connectivity index (χ0) is 7.28. The third kappa shape index (κ3) is 2.69. The van der Waals surface area contributed by atoms with Crippen molar-refractivity contribution in [3.8, 4) is 0 Å². The van der Waals surface area contributed by atoms with E-state index in [2.05, 4.69) is 11.9 Å². The van der Waals surface area contributed by atoms with Gasteiger partial charge in [0.15, 0.2) is 0 Å². The zero-order valence-corrected chi connectivity index (χ0v) is 5.86. The molecule has 0 aromatic heterocycles. The Morgan fingerprint density at radius 1 is 1.67 bits per heavy atom. The maximum absolute atomic E-state index is 7.18. The Kier molecular flexibility index (Phi) is 3.44. The molecule has 9 heavy (non-hydrogen) atoms. The summed E-state index contributed by atoms with van der Waals surface area (Å²) in [7, 11) is 1.80. The van der Waals surface area contributed by atoms with Gasteiger partial charge in [-0.15, -0.1) is 0 Å².